The Labute approximate surface area is 105 Å². The third-order valence-electron chi connectivity index (χ3n) is 2.08. The second-order valence-electron chi connectivity index (χ2n) is 4.02. The van der Waals surface area contributed by atoms with Crippen molar-refractivity contribution in [2.24, 2.45) is 0 Å². The van der Waals surface area contributed by atoms with Crippen LogP contribution in [0.25, 0.3) is 0 Å². The fraction of sp³-hybridized carbons (Fsp3) is 1.00. The fourth-order valence-corrected chi connectivity index (χ4v) is 2.99. The minimum Gasteiger partial charge on any atom is -0.315 e. The van der Waals surface area contributed by atoms with Gasteiger partial charge >= 0.3 is 0 Å². The zero-order chi connectivity index (χ0) is 11.5. The van der Waals surface area contributed by atoms with Crippen LogP contribution >= 0.6 is 23.5 Å². The minimum atomic E-state index is 0.758. The van der Waals surface area contributed by atoms with Gasteiger partial charge in [-0.3, -0.25) is 0 Å². The Balaban J connectivity index is 3.27. The van der Waals surface area contributed by atoms with E-state index in [2.05, 4.69) is 56.5 Å². The van der Waals surface area contributed by atoms with E-state index in [1.807, 2.05) is 0 Å². The summed E-state index contributed by atoms with van der Waals surface area (Å²) in [6.07, 6.45) is 2.58. The first-order chi connectivity index (χ1) is 7.20. The second kappa shape index (κ2) is 11.2. The molecule has 0 heterocycles. The molecule has 1 N–H and O–H groups in total. The molecule has 0 spiro atoms. The molecule has 2 atom stereocenters. The first-order valence-corrected chi connectivity index (χ1v) is 8.24. The molecule has 92 valence electrons. The van der Waals surface area contributed by atoms with Gasteiger partial charge in [0, 0.05) is 23.6 Å². The summed E-state index contributed by atoms with van der Waals surface area (Å²) in [7, 11) is 0. The van der Waals surface area contributed by atoms with Crippen molar-refractivity contribution in [3.05, 3.63) is 0 Å². The van der Waals surface area contributed by atoms with E-state index in [9.17, 15) is 0 Å². The molecule has 15 heavy (non-hydrogen) atoms. The third-order valence-corrected chi connectivity index (χ3v) is 4.84. The first-order valence-electron chi connectivity index (χ1n) is 6.14. The van der Waals surface area contributed by atoms with Gasteiger partial charge in [-0.25, -0.2) is 0 Å². The SMILES string of the molecule is CCCSC(C)CNCC(C)SCCC. The van der Waals surface area contributed by atoms with Gasteiger partial charge in [0.2, 0.25) is 0 Å². The Bertz CT molecular complexity index is 117. The van der Waals surface area contributed by atoms with Crippen molar-refractivity contribution in [1.29, 1.82) is 0 Å². The van der Waals surface area contributed by atoms with Gasteiger partial charge in [-0.05, 0) is 24.3 Å². The highest BCUT2D eigenvalue weighted by Gasteiger charge is 2.04. The van der Waals surface area contributed by atoms with E-state index in [0.717, 1.165) is 23.6 Å². The van der Waals surface area contributed by atoms with Crippen molar-refractivity contribution in [3.8, 4) is 0 Å². The Morgan fingerprint density at radius 1 is 0.867 bits per heavy atom. The molecule has 0 aromatic rings. The molecular weight excluding hydrogens is 222 g/mol. The summed E-state index contributed by atoms with van der Waals surface area (Å²) in [5, 5.41) is 5.08. The van der Waals surface area contributed by atoms with Crippen LogP contribution in [0, 0.1) is 0 Å². The van der Waals surface area contributed by atoms with Crippen LogP contribution in [0.5, 0.6) is 0 Å². The fourth-order valence-electron chi connectivity index (χ4n) is 1.25. The molecule has 0 aliphatic rings. The van der Waals surface area contributed by atoms with Crippen molar-refractivity contribution in [2.45, 2.75) is 51.0 Å². The maximum absolute atomic E-state index is 3.56. The summed E-state index contributed by atoms with van der Waals surface area (Å²) in [6, 6.07) is 0. The highest BCUT2D eigenvalue weighted by atomic mass is 32.2. The smallest absolute Gasteiger partial charge is 0.0144 e. The van der Waals surface area contributed by atoms with Gasteiger partial charge in [0.1, 0.15) is 0 Å². The molecule has 0 rings (SSSR count). The van der Waals surface area contributed by atoms with Gasteiger partial charge < -0.3 is 5.32 Å². The van der Waals surface area contributed by atoms with Crippen LogP contribution in [0.2, 0.25) is 0 Å². The maximum Gasteiger partial charge on any atom is 0.0144 e. The van der Waals surface area contributed by atoms with Gasteiger partial charge in [0.25, 0.3) is 0 Å². The third kappa shape index (κ3) is 10.9. The first kappa shape index (κ1) is 15.7. The van der Waals surface area contributed by atoms with Crippen LogP contribution in [0.4, 0.5) is 0 Å². The van der Waals surface area contributed by atoms with E-state index in [-0.39, 0.29) is 0 Å². The minimum absolute atomic E-state index is 0.758. The number of hydrogen-bond donors (Lipinski definition) is 1. The summed E-state index contributed by atoms with van der Waals surface area (Å²) in [6.45, 7) is 11.4. The molecule has 0 bridgehead atoms. The van der Waals surface area contributed by atoms with Crippen molar-refractivity contribution in [1.82, 2.24) is 5.32 Å². The topological polar surface area (TPSA) is 12.0 Å². The molecule has 0 aromatic carbocycles. The molecule has 0 aliphatic heterocycles. The number of thioether (sulfide) groups is 2. The van der Waals surface area contributed by atoms with Crippen LogP contribution in [0.1, 0.15) is 40.5 Å². The molecule has 0 amide bonds. The van der Waals surface area contributed by atoms with Gasteiger partial charge in [-0.15, -0.1) is 0 Å². The summed E-state index contributed by atoms with van der Waals surface area (Å²) < 4.78 is 0. The summed E-state index contributed by atoms with van der Waals surface area (Å²) in [4.78, 5) is 0. The summed E-state index contributed by atoms with van der Waals surface area (Å²) in [5.74, 6) is 2.59. The van der Waals surface area contributed by atoms with E-state index in [1.54, 1.807) is 0 Å². The predicted octanol–water partition coefficient (Wildman–Crippen LogP) is 3.64. The van der Waals surface area contributed by atoms with Crippen molar-refractivity contribution in [3.63, 3.8) is 0 Å². The largest absolute Gasteiger partial charge is 0.315 e. The van der Waals surface area contributed by atoms with Gasteiger partial charge in [-0.2, -0.15) is 23.5 Å². The molecule has 0 aromatic heterocycles. The lowest BCUT2D eigenvalue weighted by molar-refractivity contribution is 0.676. The van der Waals surface area contributed by atoms with E-state index in [0.29, 0.717) is 0 Å². The van der Waals surface area contributed by atoms with Crippen molar-refractivity contribution in [2.75, 3.05) is 24.6 Å². The lowest BCUT2D eigenvalue weighted by Gasteiger charge is -2.15. The zero-order valence-electron chi connectivity index (χ0n) is 10.7. The Kier molecular flexibility index (Phi) is 11.6. The Morgan fingerprint density at radius 2 is 1.27 bits per heavy atom. The molecule has 0 saturated heterocycles. The highest BCUT2D eigenvalue weighted by molar-refractivity contribution is 8.00. The second-order valence-corrected chi connectivity index (χ2v) is 7.11. The number of rotatable bonds is 10. The average molecular weight is 249 g/mol. The molecule has 0 saturated carbocycles. The molecular formula is C12H27NS2. The van der Waals surface area contributed by atoms with E-state index in [4.69, 9.17) is 0 Å². The van der Waals surface area contributed by atoms with Crippen LogP contribution in [-0.2, 0) is 0 Å². The van der Waals surface area contributed by atoms with Crippen molar-refractivity contribution >= 4 is 23.5 Å². The van der Waals surface area contributed by atoms with E-state index in [1.165, 1.54) is 24.3 Å². The number of nitrogens with one attached hydrogen (secondary N) is 1. The van der Waals surface area contributed by atoms with Crippen LogP contribution in [-0.4, -0.2) is 35.1 Å². The van der Waals surface area contributed by atoms with Gasteiger partial charge in [0.15, 0.2) is 0 Å². The van der Waals surface area contributed by atoms with Crippen molar-refractivity contribution < 1.29 is 0 Å². The Morgan fingerprint density at radius 3 is 1.60 bits per heavy atom. The quantitative estimate of drug-likeness (QED) is 0.635. The lowest BCUT2D eigenvalue weighted by Crippen LogP contribution is -2.28. The van der Waals surface area contributed by atoms with Gasteiger partial charge in [0.05, 0.1) is 0 Å². The van der Waals surface area contributed by atoms with Gasteiger partial charge in [-0.1, -0.05) is 27.7 Å². The molecule has 1 nitrogen and oxygen atoms in total. The molecule has 2 unspecified atom stereocenters. The lowest BCUT2D eigenvalue weighted by atomic mass is 10.4. The highest BCUT2D eigenvalue weighted by Crippen LogP contribution is 2.12. The zero-order valence-corrected chi connectivity index (χ0v) is 12.3. The Hall–Kier alpha value is 0.660. The predicted molar refractivity (Wildman–Crippen MR) is 77.3 cm³/mol. The molecule has 0 fully saturated rings. The average Bonchev–Trinajstić information content (AvgIpc) is 2.23. The van der Waals surface area contributed by atoms with E-state index < -0.39 is 0 Å². The van der Waals surface area contributed by atoms with Crippen LogP contribution in [0.15, 0.2) is 0 Å². The standard InChI is InChI=1S/C12H27NS2/c1-5-7-14-11(3)9-13-10-12(4)15-8-6-2/h11-13H,5-10H2,1-4H3. The van der Waals surface area contributed by atoms with Crippen LogP contribution in [0.3, 0.4) is 0 Å². The maximum atomic E-state index is 3.56. The monoisotopic (exact) mass is 249 g/mol. The summed E-state index contributed by atoms with van der Waals surface area (Å²) >= 11 is 4.15. The van der Waals surface area contributed by atoms with Crippen LogP contribution < -0.4 is 5.32 Å². The molecule has 0 radical (unpaired) electrons. The molecule has 0 aliphatic carbocycles. The van der Waals surface area contributed by atoms with E-state index >= 15 is 0 Å². The number of hydrogen-bond acceptors (Lipinski definition) is 3. The normalized spacial score (nSPS) is 15.2. The molecule has 3 heteroatoms. The summed E-state index contributed by atoms with van der Waals surface area (Å²) in [5.41, 5.74) is 0.